The molecule has 0 radical (unpaired) electrons. The van der Waals surface area contributed by atoms with Gasteiger partial charge in [0.1, 0.15) is 0 Å². The summed E-state index contributed by atoms with van der Waals surface area (Å²) in [6, 6.07) is 14.0. The lowest BCUT2D eigenvalue weighted by Crippen LogP contribution is -2.47. The van der Waals surface area contributed by atoms with Crippen LogP contribution >= 0.6 is 11.6 Å². The Morgan fingerprint density at radius 1 is 1.04 bits per heavy atom. The van der Waals surface area contributed by atoms with Gasteiger partial charge in [-0.3, -0.25) is 4.90 Å². The summed E-state index contributed by atoms with van der Waals surface area (Å²) >= 11 is 6.01. The minimum Gasteiger partial charge on any atom is -0.387 e. The highest BCUT2D eigenvalue weighted by atomic mass is 35.5. The molecular weight excluding hydrogens is 320 g/mol. The van der Waals surface area contributed by atoms with Crippen LogP contribution in [-0.2, 0) is 0 Å². The number of β-amino-alcohol motifs (C(OH)–C–C–N with tert-alkyl or cyclic N) is 1. The standard InChI is InChI=1S/C20H25ClN2O/c1-15-5-3-8-19(16(15)2)23-11-9-22(10-12-23)14-20(24)17-6-4-7-18(21)13-17/h3-8,13,20,24H,9-12,14H2,1-2H3/t20-/m0/s1. The summed E-state index contributed by atoms with van der Waals surface area (Å²) in [4.78, 5) is 4.78. The molecule has 24 heavy (non-hydrogen) atoms. The Labute approximate surface area is 149 Å². The van der Waals surface area contributed by atoms with E-state index in [9.17, 15) is 5.11 Å². The molecule has 3 nitrogen and oxygen atoms in total. The van der Waals surface area contributed by atoms with E-state index in [0.29, 0.717) is 11.6 Å². The van der Waals surface area contributed by atoms with E-state index in [1.807, 2.05) is 24.3 Å². The predicted molar refractivity (Wildman–Crippen MR) is 101 cm³/mol. The molecule has 1 heterocycles. The number of piperazine rings is 1. The maximum Gasteiger partial charge on any atom is 0.0917 e. The Bertz CT molecular complexity index is 696. The van der Waals surface area contributed by atoms with Crippen molar-refractivity contribution in [3.8, 4) is 0 Å². The molecular formula is C20H25ClN2O. The molecule has 0 aliphatic carbocycles. The topological polar surface area (TPSA) is 26.7 Å². The van der Waals surface area contributed by atoms with Crippen molar-refractivity contribution in [3.05, 3.63) is 64.2 Å². The van der Waals surface area contributed by atoms with E-state index in [1.165, 1.54) is 16.8 Å². The summed E-state index contributed by atoms with van der Waals surface area (Å²) in [5.41, 5.74) is 4.93. The molecule has 3 rings (SSSR count). The molecule has 1 aliphatic heterocycles. The number of benzene rings is 2. The molecule has 1 atom stereocenters. The fourth-order valence-electron chi connectivity index (χ4n) is 3.31. The number of anilines is 1. The Morgan fingerprint density at radius 2 is 1.75 bits per heavy atom. The van der Waals surface area contributed by atoms with Crippen molar-refractivity contribution in [2.75, 3.05) is 37.6 Å². The number of rotatable bonds is 4. The van der Waals surface area contributed by atoms with Gasteiger partial charge in [0.05, 0.1) is 6.10 Å². The van der Waals surface area contributed by atoms with Gasteiger partial charge in [0.2, 0.25) is 0 Å². The van der Waals surface area contributed by atoms with Gasteiger partial charge in [0.15, 0.2) is 0 Å². The molecule has 0 aromatic heterocycles. The Kier molecular flexibility index (Phi) is 5.44. The molecule has 1 fully saturated rings. The number of halogens is 1. The van der Waals surface area contributed by atoms with Crippen LogP contribution in [0.1, 0.15) is 22.8 Å². The first kappa shape index (κ1) is 17.3. The van der Waals surface area contributed by atoms with Gasteiger partial charge in [0, 0.05) is 43.4 Å². The summed E-state index contributed by atoms with van der Waals surface area (Å²) < 4.78 is 0. The largest absolute Gasteiger partial charge is 0.387 e. The minimum atomic E-state index is -0.490. The summed E-state index contributed by atoms with van der Waals surface area (Å²) in [6.07, 6.45) is -0.490. The molecule has 2 aromatic carbocycles. The van der Waals surface area contributed by atoms with Crippen LogP contribution in [0.15, 0.2) is 42.5 Å². The third-order valence-corrected chi connectivity index (χ3v) is 5.19. The molecule has 1 N–H and O–H groups in total. The van der Waals surface area contributed by atoms with E-state index in [4.69, 9.17) is 11.6 Å². The van der Waals surface area contributed by atoms with Crippen molar-refractivity contribution in [1.29, 1.82) is 0 Å². The van der Waals surface area contributed by atoms with Crippen LogP contribution in [0.5, 0.6) is 0 Å². The van der Waals surface area contributed by atoms with Gasteiger partial charge in [-0.2, -0.15) is 0 Å². The normalized spacial score (nSPS) is 17.1. The summed E-state index contributed by atoms with van der Waals surface area (Å²) in [6.45, 7) is 8.92. The van der Waals surface area contributed by atoms with Crippen molar-refractivity contribution >= 4 is 17.3 Å². The van der Waals surface area contributed by atoms with Crippen molar-refractivity contribution in [3.63, 3.8) is 0 Å². The Hall–Kier alpha value is -1.55. The maximum absolute atomic E-state index is 10.4. The second kappa shape index (κ2) is 7.56. The van der Waals surface area contributed by atoms with E-state index in [1.54, 1.807) is 0 Å². The summed E-state index contributed by atoms with van der Waals surface area (Å²) in [5.74, 6) is 0. The molecule has 0 unspecified atom stereocenters. The van der Waals surface area contributed by atoms with Crippen molar-refractivity contribution in [1.82, 2.24) is 4.90 Å². The van der Waals surface area contributed by atoms with Gasteiger partial charge in [-0.05, 0) is 48.7 Å². The highest BCUT2D eigenvalue weighted by Gasteiger charge is 2.21. The summed E-state index contributed by atoms with van der Waals surface area (Å²) in [7, 11) is 0. The second-order valence-electron chi connectivity index (χ2n) is 6.58. The lowest BCUT2D eigenvalue weighted by atomic mass is 10.1. The zero-order valence-corrected chi connectivity index (χ0v) is 15.1. The number of aliphatic hydroxyl groups excluding tert-OH is 1. The molecule has 1 saturated heterocycles. The zero-order valence-electron chi connectivity index (χ0n) is 14.4. The Morgan fingerprint density at radius 3 is 2.46 bits per heavy atom. The van der Waals surface area contributed by atoms with E-state index in [0.717, 1.165) is 31.7 Å². The van der Waals surface area contributed by atoms with Crippen LogP contribution in [-0.4, -0.2) is 42.7 Å². The first-order valence-corrected chi connectivity index (χ1v) is 8.89. The number of aliphatic hydroxyl groups is 1. The molecule has 1 aliphatic rings. The molecule has 0 bridgehead atoms. The van der Waals surface area contributed by atoms with Gasteiger partial charge in [0.25, 0.3) is 0 Å². The quantitative estimate of drug-likeness (QED) is 0.913. The van der Waals surface area contributed by atoms with Gasteiger partial charge in [-0.25, -0.2) is 0 Å². The first-order valence-electron chi connectivity index (χ1n) is 8.51. The number of aryl methyl sites for hydroxylation is 1. The minimum absolute atomic E-state index is 0.490. The zero-order chi connectivity index (χ0) is 17.1. The van der Waals surface area contributed by atoms with Crippen LogP contribution in [0.25, 0.3) is 0 Å². The molecule has 0 spiro atoms. The van der Waals surface area contributed by atoms with Crippen LogP contribution in [0, 0.1) is 13.8 Å². The van der Waals surface area contributed by atoms with Crippen molar-refractivity contribution in [2.45, 2.75) is 20.0 Å². The second-order valence-corrected chi connectivity index (χ2v) is 7.01. The fourth-order valence-corrected chi connectivity index (χ4v) is 3.51. The molecule has 0 saturated carbocycles. The van der Waals surface area contributed by atoms with Crippen molar-refractivity contribution < 1.29 is 5.11 Å². The van der Waals surface area contributed by atoms with Gasteiger partial charge < -0.3 is 10.0 Å². The number of hydrogen-bond donors (Lipinski definition) is 1. The van der Waals surface area contributed by atoms with Gasteiger partial charge in [-0.1, -0.05) is 35.9 Å². The van der Waals surface area contributed by atoms with Crippen LogP contribution in [0.2, 0.25) is 5.02 Å². The number of nitrogens with zero attached hydrogens (tertiary/aromatic N) is 2. The Balaban J connectivity index is 1.58. The van der Waals surface area contributed by atoms with Gasteiger partial charge in [-0.15, -0.1) is 0 Å². The maximum atomic E-state index is 10.4. The lowest BCUT2D eigenvalue weighted by Gasteiger charge is -2.37. The molecule has 2 aromatic rings. The van der Waals surface area contributed by atoms with E-state index in [-0.39, 0.29) is 0 Å². The van der Waals surface area contributed by atoms with E-state index >= 15 is 0 Å². The molecule has 4 heteroatoms. The highest BCUT2D eigenvalue weighted by Crippen LogP contribution is 2.25. The van der Waals surface area contributed by atoms with Crippen LogP contribution in [0.4, 0.5) is 5.69 Å². The highest BCUT2D eigenvalue weighted by molar-refractivity contribution is 6.30. The predicted octanol–water partition coefficient (Wildman–Crippen LogP) is 3.81. The van der Waals surface area contributed by atoms with Crippen LogP contribution < -0.4 is 4.90 Å². The summed E-state index contributed by atoms with van der Waals surface area (Å²) in [5, 5.41) is 11.1. The van der Waals surface area contributed by atoms with E-state index < -0.39 is 6.10 Å². The smallest absolute Gasteiger partial charge is 0.0917 e. The first-order chi connectivity index (χ1) is 11.5. The van der Waals surface area contributed by atoms with Crippen LogP contribution in [0.3, 0.4) is 0 Å². The third-order valence-electron chi connectivity index (χ3n) is 4.95. The number of hydrogen-bond acceptors (Lipinski definition) is 3. The fraction of sp³-hybridized carbons (Fsp3) is 0.400. The average Bonchev–Trinajstić information content (AvgIpc) is 2.58. The third kappa shape index (κ3) is 3.92. The molecule has 128 valence electrons. The van der Waals surface area contributed by atoms with E-state index in [2.05, 4.69) is 41.8 Å². The average molecular weight is 345 g/mol. The molecule has 0 amide bonds. The monoisotopic (exact) mass is 344 g/mol. The van der Waals surface area contributed by atoms with Gasteiger partial charge >= 0.3 is 0 Å². The van der Waals surface area contributed by atoms with Crippen molar-refractivity contribution in [2.24, 2.45) is 0 Å². The lowest BCUT2D eigenvalue weighted by molar-refractivity contribution is 0.109. The SMILES string of the molecule is Cc1cccc(N2CCN(C[C@H](O)c3cccc(Cl)c3)CC2)c1C.